The standard InChI is InChI=1S/C25H26N2O6S/c1-18-4-14-23(15-5-18)34(30,31)27(2)21-10-12-22(13-11-21)33-17-24(28)26-16-19-6-8-20(9-7-19)25(29)32-3/h4-15H,16-17H2,1-3H3,(H,26,28). The Bertz CT molecular complexity index is 1240. The van der Waals surface area contributed by atoms with E-state index in [1.807, 2.05) is 6.92 Å². The van der Waals surface area contributed by atoms with E-state index in [0.717, 1.165) is 11.1 Å². The van der Waals surface area contributed by atoms with Crippen molar-refractivity contribution >= 4 is 27.6 Å². The number of carbonyl (C=O) groups is 2. The number of nitrogens with zero attached hydrogens (tertiary/aromatic N) is 1. The van der Waals surface area contributed by atoms with E-state index in [4.69, 9.17) is 4.74 Å². The summed E-state index contributed by atoms with van der Waals surface area (Å²) in [6.07, 6.45) is 0. The minimum Gasteiger partial charge on any atom is -0.484 e. The van der Waals surface area contributed by atoms with Crippen molar-refractivity contribution in [2.45, 2.75) is 18.4 Å². The molecule has 3 rings (SSSR count). The highest BCUT2D eigenvalue weighted by atomic mass is 32.2. The molecule has 1 amide bonds. The Hall–Kier alpha value is -3.85. The third-order valence-corrected chi connectivity index (χ3v) is 6.91. The summed E-state index contributed by atoms with van der Waals surface area (Å²) < 4.78 is 37.0. The largest absolute Gasteiger partial charge is 0.484 e. The molecule has 3 aromatic rings. The van der Waals surface area contributed by atoms with Gasteiger partial charge < -0.3 is 14.8 Å². The van der Waals surface area contributed by atoms with Crippen LogP contribution in [0.25, 0.3) is 0 Å². The van der Waals surface area contributed by atoms with Crippen molar-refractivity contribution in [2.24, 2.45) is 0 Å². The maximum atomic E-state index is 12.8. The number of aryl methyl sites for hydroxylation is 1. The maximum absolute atomic E-state index is 12.8. The van der Waals surface area contributed by atoms with Gasteiger partial charge in [0.1, 0.15) is 5.75 Å². The lowest BCUT2D eigenvalue weighted by Crippen LogP contribution is -2.28. The van der Waals surface area contributed by atoms with E-state index in [1.54, 1.807) is 72.8 Å². The molecular formula is C25H26N2O6S. The van der Waals surface area contributed by atoms with Crippen molar-refractivity contribution in [1.29, 1.82) is 0 Å². The molecule has 0 saturated carbocycles. The second-order valence-electron chi connectivity index (χ2n) is 7.53. The summed E-state index contributed by atoms with van der Waals surface area (Å²) in [5, 5.41) is 2.74. The number of rotatable bonds is 9. The number of benzene rings is 3. The highest BCUT2D eigenvalue weighted by Gasteiger charge is 2.21. The number of anilines is 1. The van der Waals surface area contributed by atoms with Crippen LogP contribution in [0, 0.1) is 6.92 Å². The molecule has 0 atom stereocenters. The Morgan fingerprint density at radius 2 is 1.53 bits per heavy atom. The second-order valence-corrected chi connectivity index (χ2v) is 9.50. The van der Waals surface area contributed by atoms with Crippen LogP contribution in [0.3, 0.4) is 0 Å². The molecule has 0 aliphatic carbocycles. The molecule has 9 heteroatoms. The molecule has 0 radical (unpaired) electrons. The third kappa shape index (κ3) is 6.14. The zero-order chi connectivity index (χ0) is 24.7. The smallest absolute Gasteiger partial charge is 0.337 e. The molecule has 0 aliphatic rings. The van der Waals surface area contributed by atoms with Gasteiger partial charge in [-0.15, -0.1) is 0 Å². The molecule has 0 bridgehead atoms. The predicted octanol–water partition coefficient (Wildman–Crippen LogP) is 3.30. The van der Waals surface area contributed by atoms with Crippen LogP contribution >= 0.6 is 0 Å². The van der Waals surface area contributed by atoms with E-state index in [0.29, 0.717) is 17.0 Å². The van der Waals surface area contributed by atoms with Gasteiger partial charge in [-0.3, -0.25) is 9.10 Å². The Morgan fingerprint density at radius 1 is 0.912 bits per heavy atom. The van der Waals surface area contributed by atoms with Crippen LogP contribution < -0.4 is 14.4 Å². The number of methoxy groups -OCH3 is 1. The number of amides is 1. The van der Waals surface area contributed by atoms with Gasteiger partial charge in [-0.25, -0.2) is 13.2 Å². The number of nitrogens with one attached hydrogen (secondary N) is 1. The zero-order valence-electron chi connectivity index (χ0n) is 19.1. The number of esters is 1. The van der Waals surface area contributed by atoms with E-state index >= 15 is 0 Å². The SMILES string of the molecule is COC(=O)c1ccc(CNC(=O)COc2ccc(N(C)S(=O)(=O)c3ccc(C)cc3)cc2)cc1. The van der Waals surface area contributed by atoms with Crippen LogP contribution in [0.4, 0.5) is 5.69 Å². The molecule has 8 nitrogen and oxygen atoms in total. The first-order valence-corrected chi connectivity index (χ1v) is 11.9. The number of sulfonamides is 1. The van der Waals surface area contributed by atoms with E-state index in [9.17, 15) is 18.0 Å². The minimum absolute atomic E-state index is 0.197. The van der Waals surface area contributed by atoms with Crippen LogP contribution in [0.5, 0.6) is 5.75 Å². The van der Waals surface area contributed by atoms with Crippen LogP contribution in [-0.4, -0.2) is 41.1 Å². The number of hydrogen-bond donors (Lipinski definition) is 1. The fourth-order valence-corrected chi connectivity index (χ4v) is 4.23. The van der Waals surface area contributed by atoms with Gasteiger partial charge >= 0.3 is 5.97 Å². The van der Waals surface area contributed by atoms with Gasteiger partial charge in [0.2, 0.25) is 0 Å². The molecule has 0 fully saturated rings. The predicted molar refractivity (Wildman–Crippen MR) is 128 cm³/mol. The molecule has 0 aliphatic heterocycles. The van der Waals surface area contributed by atoms with Crippen molar-refractivity contribution in [2.75, 3.05) is 25.1 Å². The average Bonchev–Trinajstić information content (AvgIpc) is 2.86. The van der Waals surface area contributed by atoms with Crippen molar-refractivity contribution in [1.82, 2.24) is 5.32 Å². The van der Waals surface area contributed by atoms with Gasteiger partial charge in [-0.2, -0.15) is 0 Å². The van der Waals surface area contributed by atoms with Gasteiger partial charge in [0.25, 0.3) is 15.9 Å². The molecule has 0 spiro atoms. The Morgan fingerprint density at radius 3 is 2.12 bits per heavy atom. The number of carbonyl (C=O) groups excluding carboxylic acids is 2. The topological polar surface area (TPSA) is 102 Å². The lowest BCUT2D eigenvalue weighted by molar-refractivity contribution is -0.123. The fourth-order valence-electron chi connectivity index (χ4n) is 3.04. The number of ether oxygens (including phenoxy) is 2. The molecule has 3 aromatic carbocycles. The monoisotopic (exact) mass is 482 g/mol. The van der Waals surface area contributed by atoms with Crippen LogP contribution in [0.2, 0.25) is 0 Å². The zero-order valence-corrected chi connectivity index (χ0v) is 20.0. The summed E-state index contributed by atoms with van der Waals surface area (Å²) in [6.45, 7) is 1.98. The van der Waals surface area contributed by atoms with E-state index in [2.05, 4.69) is 10.1 Å². The Labute approximate surface area is 199 Å². The summed E-state index contributed by atoms with van der Waals surface area (Å²) in [5.74, 6) is -0.309. The van der Waals surface area contributed by atoms with Crippen molar-refractivity contribution in [3.8, 4) is 5.75 Å². The summed E-state index contributed by atoms with van der Waals surface area (Å²) in [6, 6.07) is 19.8. The molecule has 0 saturated heterocycles. The van der Waals surface area contributed by atoms with Crippen LogP contribution in [0.1, 0.15) is 21.5 Å². The quantitative estimate of drug-likeness (QED) is 0.470. The Balaban J connectivity index is 1.52. The van der Waals surface area contributed by atoms with Crippen LogP contribution in [0.15, 0.2) is 77.7 Å². The van der Waals surface area contributed by atoms with Gasteiger partial charge in [-0.1, -0.05) is 29.8 Å². The Kier molecular flexibility index (Phi) is 7.91. The van der Waals surface area contributed by atoms with E-state index in [-0.39, 0.29) is 24.0 Å². The van der Waals surface area contributed by atoms with E-state index in [1.165, 1.54) is 18.5 Å². The first-order valence-electron chi connectivity index (χ1n) is 10.4. The highest BCUT2D eigenvalue weighted by Crippen LogP contribution is 2.24. The van der Waals surface area contributed by atoms with Crippen molar-refractivity contribution in [3.05, 3.63) is 89.5 Å². The van der Waals surface area contributed by atoms with Gasteiger partial charge in [-0.05, 0) is 61.0 Å². The maximum Gasteiger partial charge on any atom is 0.337 e. The van der Waals surface area contributed by atoms with Crippen molar-refractivity contribution < 1.29 is 27.5 Å². The lowest BCUT2D eigenvalue weighted by atomic mass is 10.1. The fraction of sp³-hybridized carbons (Fsp3) is 0.200. The van der Waals surface area contributed by atoms with E-state index < -0.39 is 16.0 Å². The molecule has 0 aromatic heterocycles. The molecule has 0 unspecified atom stereocenters. The van der Waals surface area contributed by atoms with Crippen LogP contribution in [-0.2, 0) is 26.1 Å². The average molecular weight is 483 g/mol. The molecular weight excluding hydrogens is 456 g/mol. The van der Waals surface area contributed by atoms with Crippen molar-refractivity contribution in [3.63, 3.8) is 0 Å². The summed E-state index contributed by atoms with van der Waals surface area (Å²) in [7, 11) is -0.890. The van der Waals surface area contributed by atoms with Gasteiger partial charge in [0, 0.05) is 13.6 Å². The third-order valence-electron chi connectivity index (χ3n) is 5.11. The molecule has 1 N–H and O–H groups in total. The summed E-state index contributed by atoms with van der Waals surface area (Å²) in [4.78, 5) is 23.8. The summed E-state index contributed by atoms with van der Waals surface area (Å²) >= 11 is 0. The number of hydrogen-bond acceptors (Lipinski definition) is 6. The van der Waals surface area contributed by atoms with Gasteiger partial charge in [0.15, 0.2) is 6.61 Å². The minimum atomic E-state index is -3.69. The normalized spacial score (nSPS) is 10.9. The lowest BCUT2D eigenvalue weighted by Gasteiger charge is -2.20. The first-order chi connectivity index (χ1) is 16.2. The molecule has 178 valence electrons. The molecule has 0 heterocycles. The second kappa shape index (κ2) is 10.8. The summed E-state index contributed by atoms with van der Waals surface area (Å²) in [5.41, 5.74) is 2.70. The molecule has 34 heavy (non-hydrogen) atoms. The highest BCUT2D eigenvalue weighted by molar-refractivity contribution is 7.92. The van der Waals surface area contributed by atoms with Gasteiger partial charge in [0.05, 0.1) is 23.3 Å². The first kappa shape index (κ1) is 24.8.